The first-order valence-corrected chi connectivity index (χ1v) is 6.13. The second-order valence-electron chi connectivity index (χ2n) is 4.43. The van der Waals surface area contributed by atoms with E-state index in [1.165, 1.54) is 0 Å². The highest BCUT2D eigenvalue weighted by molar-refractivity contribution is 5.78. The molecule has 108 valence electrons. The molecular weight excluding hydrogens is 271 g/mol. The fraction of sp³-hybridized carbons (Fsp3) is 0.357. The SMILES string of the molecule is OC(CCOCC(F)(F)F)c1ccc2cccnc2c1. The van der Waals surface area contributed by atoms with Crippen LogP contribution in [0.3, 0.4) is 0 Å². The molecule has 1 N–H and O–H groups in total. The molecule has 20 heavy (non-hydrogen) atoms. The Hall–Kier alpha value is -1.66. The largest absolute Gasteiger partial charge is 0.411 e. The van der Waals surface area contributed by atoms with Crippen molar-refractivity contribution in [2.24, 2.45) is 0 Å². The van der Waals surface area contributed by atoms with Gasteiger partial charge in [0.2, 0.25) is 0 Å². The van der Waals surface area contributed by atoms with Crippen LogP contribution in [0.15, 0.2) is 36.5 Å². The number of alkyl halides is 3. The molecule has 3 nitrogen and oxygen atoms in total. The van der Waals surface area contributed by atoms with Crippen LogP contribution in [0.5, 0.6) is 0 Å². The van der Waals surface area contributed by atoms with Crippen LogP contribution in [0.1, 0.15) is 18.1 Å². The molecule has 0 fully saturated rings. The van der Waals surface area contributed by atoms with Gasteiger partial charge in [-0.15, -0.1) is 0 Å². The minimum atomic E-state index is -4.34. The molecular formula is C14H14F3NO2. The van der Waals surface area contributed by atoms with E-state index in [0.29, 0.717) is 5.56 Å². The maximum atomic E-state index is 11.9. The summed E-state index contributed by atoms with van der Waals surface area (Å²) in [6.45, 7) is -1.44. The molecule has 1 aromatic heterocycles. The molecule has 1 atom stereocenters. The van der Waals surface area contributed by atoms with Crippen LogP contribution >= 0.6 is 0 Å². The van der Waals surface area contributed by atoms with Crippen LogP contribution in [0.25, 0.3) is 10.9 Å². The number of benzene rings is 1. The molecule has 0 aliphatic heterocycles. The lowest BCUT2D eigenvalue weighted by Gasteiger charge is -2.12. The normalized spacial score (nSPS) is 13.6. The smallest absolute Gasteiger partial charge is 0.388 e. The van der Waals surface area contributed by atoms with Crippen molar-refractivity contribution >= 4 is 10.9 Å². The second-order valence-corrected chi connectivity index (χ2v) is 4.43. The zero-order chi connectivity index (χ0) is 14.6. The third kappa shape index (κ3) is 4.18. The summed E-state index contributed by atoms with van der Waals surface area (Å²) in [7, 11) is 0. The summed E-state index contributed by atoms with van der Waals surface area (Å²) in [6, 6.07) is 8.98. The van der Waals surface area contributed by atoms with E-state index < -0.39 is 18.9 Å². The first kappa shape index (κ1) is 14.7. The zero-order valence-electron chi connectivity index (χ0n) is 10.6. The van der Waals surface area contributed by atoms with Crippen molar-refractivity contribution in [3.63, 3.8) is 0 Å². The number of halogens is 3. The molecule has 0 aliphatic rings. The van der Waals surface area contributed by atoms with Crippen LogP contribution in [-0.2, 0) is 4.74 Å². The van der Waals surface area contributed by atoms with E-state index in [1.807, 2.05) is 18.2 Å². The fourth-order valence-corrected chi connectivity index (χ4v) is 1.84. The van der Waals surface area contributed by atoms with Crippen LogP contribution in [0.2, 0.25) is 0 Å². The Balaban J connectivity index is 1.92. The summed E-state index contributed by atoms with van der Waals surface area (Å²) in [5.74, 6) is 0. The lowest BCUT2D eigenvalue weighted by atomic mass is 10.0. The standard InChI is InChI=1S/C14H14F3NO2/c15-14(16,17)9-20-7-5-13(19)11-4-3-10-2-1-6-18-12(10)8-11/h1-4,6,8,13,19H,5,7,9H2. The van der Waals surface area contributed by atoms with E-state index in [2.05, 4.69) is 9.72 Å². The van der Waals surface area contributed by atoms with E-state index in [0.717, 1.165) is 10.9 Å². The molecule has 0 radical (unpaired) electrons. The summed E-state index contributed by atoms with van der Waals surface area (Å²) in [5.41, 5.74) is 1.35. The van der Waals surface area contributed by atoms with Gasteiger partial charge in [0.15, 0.2) is 0 Å². The topological polar surface area (TPSA) is 42.4 Å². The summed E-state index contributed by atoms with van der Waals surface area (Å²) < 4.78 is 40.1. The number of aliphatic hydroxyl groups excluding tert-OH is 1. The maximum Gasteiger partial charge on any atom is 0.411 e. The molecule has 0 aliphatic carbocycles. The number of fused-ring (bicyclic) bond motifs is 1. The lowest BCUT2D eigenvalue weighted by molar-refractivity contribution is -0.175. The number of hydrogen-bond acceptors (Lipinski definition) is 3. The molecule has 1 heterocycles. The highest BCUT2D eigenvalue weighted by atomic mass is 19.4. The van der Waals surface area contributed by atoms with Gasteiger partial charge in [0, 0.05) is 24.6 Å². The van der Waals surface area contributed by atoms with Gasteiger partial charge in [0.1, 0.15) is 6.61 Å². The molecule has 6 heteroatoms. The molecule has 1 unspecified atom stereocenters. The van der Waals surface area contributed by atoms with Gasteiger partial charge in [-0.2, -0.15) is 13.2 Å². The molecule has 2 rings (SSSR count). The van der Waals surface area contributed by atoms with Crippen molar-refractivity contribution in [2.45, 2.75) is 18.7 Å². The Bertz CT molecular complexity index is 572. The minimum Gasteiger partial charge on any atom is -0.388 e. The highest BCUT2D eigenvalue weighted by Gasteiger charge is 2.27. The summed E-state index contributed by atoms with van der Waals surface area (Å²) >= 11 is 0. The maximum absolute atomic E-state index is 11.9. The van der Waals surface area contributed by atoms with E-state index >= 15 is 0 Å². The van der Waals surface area contributed by atoms with E-state index in [9.17, 15) is 18.3 Å². The molecule has 0 saturated carbocycles. The average Bonchev–Trinajstić information content (AvgIpc) is 2.42. The third-order valence-electron chi connectivity index (χ3n) is 2.82. The van der Waals surface area contributed by atoms with Gasteiger partial charge < -0.3 is 9.84 Å². The number of rotatable bonds is 5. The number of aliphatic hydroxyl groups is 1. The number of nitrogens with zero attached hydrogens (tertiary/aromatic N) is 1. The average molecular weight is 285 g/mol. The van der Waals surface area contributed by atoms with Crippen molar-refractivity contribution < 1.29 is 23.0 Å². The Morgan fingerprint density at radius 1 is 1.25 bits per heavy atom. The monoisotopic (exact) mass is 285 g/mol. The van der Waals surface area contributed by atoms with Gasteiger partial charge in [-0.3, -0.25) is 4.98 Å². The zero-order valence-corrected chi connectivity index (χ0v) is 10.6. The summed E-state index contributed by atoms with van der Waals surface area (Å²) in [6.07, 6.45) is -3.45. The number of hydrogen-bond donors (Lipinski definition) is 1. The van der Waals surface area contributed by atoms with Gasteiger partial charge in [0.25, 0.3) is 0 Å². The van der Waals surface area contributed by atoms with Crippen molar-refractivity contribution in [1.82, 2.24) is 4.98 Å². The molecule has 0 amide bonds. The number of aromatic nitrogens is 1. The van der Waals surface area contributed by atoms with E-state index in [1.54, 1.807) is 18.3 Å². The highest BCUT2D eigenvalue weighted by Crippen LogP contribution is 2.21. The van der Waals surface area contributed by atoms with Crippen molar-refractivity contribution in [3.05, 3.63) is 42.1 Å². The molecule has 0 saturated heterocycles. The fourth-order valence-electron chi connectivity index (χ4n) is 1.84. The summed E-state index contributed by atoms with van der Waals surface area (Å²) in [4.78, 5) is 4.16. The molecule has 0 spiro atoms. The van der Waals surface area contributed by atoms with Gasteiger partial charge >= 0.3 is 6.18 Å². The predicted octanol–water partition coefficient (Wildman–Crippen LogP) is 3.24. The van der Waals surface area contributed by atoms with Gasteiger partial charge in [-0.25, -0.2) is 0 Å². The lowest BCUT2D eigenvalue weighted by Crippen LogP contribution is -2.18. The Morgan fingerprint density at radius 2 is 2.05 bits per heavy atom. The molecule has 2 aromatic rings. The van der Waals surface area contributed by atoms with E-state index in [-0.39, 0.29) is 13.0 Å². The second kappa shape index (κ2) is 6.19. The van der Waals surface area contributed by atoms with Crippen LogP contribution in [0, 0.1) is 0 Å². The molecule has 1 aromatic carbocycles. The van der Waals surface area contributed by atoms with Crippen molar-refractivity contribution in [3.8, 4) is 0 Å². The number of ether oxygens (including phenoxy) is 1. The van der Waals surface area contributed by atoms with Crippen LogP contribution in [0.4, 0.5) is 13.2 Å². The van der Waals surface area contributed by atoms with Crippen molar-refractivity contribution in [2.75, 3.05) is 13.2 Å². The Kier molecular flexibility index (Phi) is 4.57. The van der Waals surface area contributed by atoms with Crippen molar-refractivity contribution in [1.29, 1.82) is 0 Å². The van der Waals surface area contributed by atoms with E-state index in [4.69, 9.17) is 0 Å². The Labute approximate surface area is 114 Å². The first-order chi connectivity index (χ1) is 9.46. The predicted molar refractivity (Wildman–Crippen MR) is 68.2 cm³/mol. The van der Waals surface area contributed by atoms with Crippen LogP contribution in [-0.4, -0.2) is 29.5 Å². The van der Waals surface area contributed by atoms with Crippen LogP contribution < -0.4 is 0 Å². The van der Waals surface area contributed by atoms with Gasteiger partial charge in [-0.1, -0.05) is 18.2 Å². The minimum absolute atomic E-state index is 0.106. The quantitative estimate of drug-likeness (QED) is 0.858. The van der Waals surface area contributed by atoms with Gasteiger partial charge in [-0.05, 0) is 17.7 Å². The van der Waals surface area contributed by atoms with Gasteiger partial charge in [0.05, 0.1) is 11.6 Å². The first-order valence-electron chi connectivity index (χ1n) is 6.13. The Morgan fingerprint density at radius 3 is 2.80 bits per heavy atom. The summed E-state index contributed by atoms with van der Waals surface area (Å²) in [5, 5.41) is 10.9. The number of pyridine rings is 1. The third-order valence-corrected chi connectivity index (χ3v) is 2.82. The molecule has 0 bridgehead atoms.